The van der Waals surface area contributed by atoms with E-state index in [0.717, 1.165) is 25.7 Å². The second kappa shape index (κ2) is 5.16. The van der Waals surface area contributed by atoms with E-state index in [1.54, 1.807) is 24.3 Å². The van der Waals surface area contributed by atoms with Gasteiger partial charge in [0.2, 0.25) is 5.88 Å². The minimum Gasteiger partial charge on any atom is -0.493 e. The molecule has 0 atom stereocenters. The average Bonchev–Trinajstić information content (AvgIpc) is 2.88. The van der Waals surface area contributed by atoms with Crippen LogP contribution in [0.25, 0.3) is 11.1 Å². The molecule has 6 heteroatoms. The molecule has 1 aromatic carbocycles. The van der Waals surface area contributed by atoms with Gasteiger partial charge in [0.1, 0.15) is 11.4 Å². The monoisotopic (exact) mass is 305 g/mol. The fourth-order valence-corrected chi connectivity index (χ4v) is 3.08. The topological polar surface area (TPSA) is 92.0 Å². The number of aromatic amines is 1. The lowest BCUT2D eigenvalue weighted by Crippen LogP contribution is -2.37. The molecule has 1 aromatic heterocycles. The predicted octanol–water partition coefficient (Wildman–Crippen LogP) is 2.52. The third kappa shape index (κ3) is 2.43. The first-order chi connectivity index (χ1) is 10.0. The molecule has 0 radical (unpaired) electrons. The minimum atomic E-state index is -0.657. The van der Waals surface area contributed by atoms with Crippen molar-refractivity contribution in [1.82, 2.24) is 9.97 Å². The van der Waals surface area contributed by atoms with Crippen LogP contribution in [0.2, 0.25) is 5.02 Å². The number of aromatic nitrogens is 2. The van der Waals surface area contributed by atoms with Crippen molar-refractivity contribution in [3.8, 4) is 17.0 Å². The summed E-state index contributed by atoms with van der Waals surface area (Å²) in [6.45, 7) is 0. The lowest BCUT2D eigenvalue weighted by Gasteiger charge is -2.22. The molecule has 1 aliphatic carbocycles. The van der Waals surface area contributed by atoms with Crippen LogP contribution >= 0.6 is 11.6 Å². The van der Waals surface area contributed by atoms with E-state index in [0.29, 0.717) is 16.4 Å². The zero-order chi connectivity index (χ0) is 15.0. The van der Waals surface area contributed by atoms with Gasteiger partial charge in [-0.3, -0.25) is 4.79 Å². The second-order valence-electron chi connectivity index (χ2n) is 5.46. The van der Waals surface area contributed by atoms with Crippen LogP contribution < -0.4 is 11.3 Å². The van der Waals surface area contributed by atoms with Crippen LogP contribution in [-0.2, 0) is 5.54 Å². The summed E-state index contributed by atoms with van der Waals surface area (Å²) < 4.78 is 0. The van der Waals surface area contributed by atoms with Crippen LogP contribution in [0.1, 0.15) is 31.5 Å². The highest BCUT2D eigenvalue weighted by Crippen LogP contribution is 2.36. The van der Waals surface area contributed by atoms with Gasteiger partial charge in [0.25, 0.3) is 5.56 Å². The van der Waals surface area contributed by atoms with Crippen molar-refractivity contribution in [1.29, 1.82) is 0 Å². The first-order valence-corrected chi connectivity index (χ1v) is 7.27. The molecule has 0 saturated heterocycles. The van der Waals surface area contributed by atoms with E-state index in [2.05, 4.69) is 9.97 Å². The number of nitrogens with two attached hydrogens (primary N) is 1. The van der Waals surface area contributed by atoms with Crippen LogP contribution in [0.3, 0.4) is 0 Å². The molecule has 5 nitrogen and oxygen atoms in total. The van der Waals surface area contributed by atoms with Gasteiger partial charge in [-0.2, -0.15) is 4.98 Å². The van der Waals surface area contributed by atoms with Gasteiger partial charge in [0, 0.05) is 10.6 Å². The molecule has 1 fully saturated rings. The van der Waals surface area contributed by atoms with Gasteiger partial charge < -0.3 is 15.8 Å². The van der Waals surface area contributed by atoms with Gasteiger partial charge in [0.05, 0.1) is 5.54 Å². The summed E-state index contributed by atoms with van der Waals surface area (Å²) in [5, 5.41) is 10.6. The summed E-state index contributed by atoms with van der Waals surface area (Å²) in [5.41, 5.74) is 5.71. The maximum Gasteiger partial charge on any atom is 0.262 e. The molecule has 1 aliphatic rings. The van der Waals surface area contributed by atoms with Crippen LogP contribution in [0.4, 0.5) is 0 Å². The summed E-state index contributed by atoms with van der Waals surface area (Å²) in [5.74, 6) is 0.0110. The van der Waals surface area contributed by atoms with Crippen LogP contribution in [-0.4, -0.2) is 15.1 Å². The van der Waals surface area contributed by atoms with E-state index in [4.69, 9.17) is 17.3 Å². The van der Waals surface area contributed by atoms with Gasteiger partial charge in [-0.25, -0.2) is 0 Å². The van der Waals surface area contributed by atoms with Crippen molar-refractivity contribution in [2.75, 3.05) is 0 Å². The Morgan fingerprint density at radius 1 is 1.29 bits per heavy atom. The quantitative estimate of drug-likeness (QED) is 0.795. The number of nitrogens with zero attached hydrogens (tertiary/aromatic N) is 1. The van der Waals surface area contributed by atoms with Crippen molar-refractivity contribution >= 4 is 11.6 Å². The summed E-state index contributed by atoms with van der Waals surface area (Å²) in [6.07, 6.45) is 3.49. The Hall–Kier alpha value is -1.85. The largest absolute Gasteiger partial charge is 0.493 e. The first-order valence-electron chi connectivity index (χ1n) is 6.89. The Bertz CT molecular complexity index is 736. The first kappa shape index (κ1) is 14.1. The van der Waals surface area contributed by atoms with E-state index in [-0.39, 0.29) is 11.4 Å². The Balaban J connectivity index is 2.14. The van der Waals surface area contributed by atoms with Gasteiger partial charge >= 0.3 is 0 Å². The number of halogens is 1. The zero-order valence-corrected chi connectivity index (χ0v) is 12.2. The fraction of sp³-hybridized carbons (Fsp3) is 0.333. The number of rotatable bonds is 2. The average molecular weight is 306 g/mol. The maximum absolute atomic E-state index is 12.3. The molecule has 0 unspecified atom stereocenters. The number of hydrogen-bond acceptors (Lipinski definition) is 4. The second-order valence-corrected chi connectivity index (χ2v) is 5.86. The number of H-pyrrole nitrogens is 1. The lowest BCUT2D eigenvalue weighted by molar-refractivity contribution is 0.402. The van der Waals surface area contributed by atoms with Crippen molar-refractivity contribution < 1.29 is 5.11 Å². The fourth-order valence-electron chi connectivity index (χ4n) is 2.85. The van der Waals surface area contributed by atoms with E-state index < -0.39 is 11.1 Å². The van der Waals surface area contributed by atoms with E-state index in [1.165, 1.54) is 0 Å². The highest BCUT2D eigenvalue weighted by Gasteiger charge is 2.34. The van der Waals surface area contributed by atoms with Gasteiger partial charge in [-0.15, -0.1) is 0 Å². The highest BCUT2D eigenvalue weighted by molar-refractivity contribution is 6.33. The lowest BCUT2D eigenvalue weighted by atomic mass is 9.98. The SMILES string of the molecule is NC1(c2nc(O)c(-c3ccccc3Cl)c(=O)[nH]2)CCCC1. The summed E-state index contributed by atoms with van der Waals surface area (Å²) in [7, 11) is 0. The summed E-state index contributed by atoms with van der Waals surface area (Å²) in [4.78, 5) is 19.2. The highest BCUT2D eigenvalue weighted by atomic mass is 35.5. The summed E-state index contributed by atoms with van der Waals surface area (Å²) in [6, 6.07) is 6.83. The van der Waals surface area contributed by atoms with E-state index >= 15 is 0 Å². The molecule has 4 N–H and O–H groups in total. The molecule has 21 heavy (non-hydrogen) atoms. The molecule has 0 spiro atoms. The van der Waals surface area contributed by atoms with Gasteiger partial charge in [-0.05, 0) is 18.9 Å². The van der Waals surface area contributed by atoms with Crippen LogP contribution in [0, 0.1) is 0 Å². The number of benzene rings is 1. The molecule has 0 aliphatic heterocycles. The molecular formula is C15H16ClN3O2. The Kier molecular flexibility index (Phi) is 3.47. The van der Waals surface area contributed by atoms with Gasteiger partial charge in [-0.1, -0.05) is 42.6 Å². The number of aromatic hydroxyl groups is 1. The Labute approximate surface area is 126 Å². The molecule has 1 saturated carbocycles. The van der Waals surface area contributed by atoms with Gasteiger partial charge in [0.15, 0.2) is 0 Å². The van der Waals surface area contributed by atoms with Crippen molar-refractivity contribution in [2.24, 2.45) is 5.73 Å². The third-order valence-corrected chi connectivity index (χ3v) is 4.34. The predicted molar refractivity (Wildman–Crippen MR) is 81.3 cm³/mol. The van der Waals surface area contributed by atoms with E-state index in [9.17, 15) is 9.90 Å². The number of hydrogen-bond donors (Lipinski definition) is 3. The number of nitrogens with one attached hydrogen (secondary N) is 1. The third-order valence-electron chi connectivity index (χ3n) is 4.01. The van der Waals surface area contributed by atoms with Crippen molar-refractivity contribution in [2.45, 2.75) is 31.2 Å². The van der Waals surface area contributed by atoms with Crippen molar-refractivity contribution in [3.05, 3.63) is 45.5 Å². The molecule has 1 heterocycles. The molecule has 3 rings (SSSR count). The Morgan fingerprint density at radius 2 is 1.95 bits per heavy atom. The molecule has 110 valence electrons. The minimum absolute atomic E-state index is 0.0750. The zero-order valence-electron chi connectivity index (χ0n) is 11.4. The van der Waals surface area contributed by atoms with Crippen molar-refractivity contribution in [3.63, 3.8) is 0 Å². The smallest absolute Gasteiger partial charge is 0.262 e. The molecule has 0 amide bonds. The standard InChI is InChI=1S/C15H16ClN3O2/c16-10-6-2-1-5-9(10)11-12(20)18-14(19-13(11)21)15(17)7-3-4-8-15/h1-2,5-6H,3-4,7-8,17H2,(H2,18,19,20,21). The summed E-state index contributed by atoms with van der Waals surface area (Å²) >= 11 is 6.08. The molecular weight excluding hydrogens is 290 g/mol. The normalized spacial score (nSPS) is 17.0. The molecule has 0 bridgehead atoms. The molecule has 2 aromatic rings. The maximum atomic E-state index is 12.3. The van der Waals surface area contributed by atoms with Crippen LogP contribution in [0.15, 0.2) is 29.1 Å². The van der Waals surface area contributed by atoms with E-state index in [1.807, 2.05) is 0 Å². The van der Waals surface area contributed by atoms with Crippen LogP contribution in [0.5, 0.6) is 5.88 Å². The Morgan fingerprint density at radius 3 is 2.57 bits per heavy atom.